The zero-order chi connectivity index (χ0) is 13.8. The number of nitro benzene ring substituents is 1. The van der Waals surface area contributed by atoms with Gasteiger partial charge in [-0.2, -0.15) is 5.26 Å². The second kappa shape index (κ2) is 5.67. The first-order valence-corrected chi connectivity index (χ1v) is 6.20. The lowest BCUT2D eigenvalue weighted by Crippen LogP contribution is -2.37. The largest absolute Gasteiger partial charge is 0.396 e. The first-order chi connectivity index (χ1) is 9.15. The fraction of sp³-hybridized carbons (Fsp3) is 0.462. The molecule has 0 radical (unpaired) electrons. The molecule has 0 amide bonds. The number of anilines is 1. The summed E-state index contributed by atoms with van der Waals surface area (Å²) in [6.45, 7) is 1.62. The summed E-state index contributed by atoms with van der Waals surface area (Å²) >= 11 is 0. The van der Waals surface area contributed by atoms with Crippen molar-refractivity contribution in [3.8, 4) is 6.07 Å². The lowest BCUT2D eigenvalue weighted by atomic mass is 9.97. The molecule has 1 aromatic carbocycles. The second-order valence-corrected chi connectivity index (χ2v) is 4.71. The standard InChI is InChI=1S/C13H15N3O3/c14-7-11-6-12(16(18)19)3-4-13(11)15-5-1-2-10(8-15)9-17/h3-4,6,10,17H,1-2,5,8-9H2. The maximum atomic E-state index is 10.7. The second-order valence-electron chi connectivity index (χ2n) is 4.71. The smallest absolute Gasteiger partial charge is 0.270 e. The van der Waals surface area contributed by atoms with E-state index in [1.807, 2.05) is 11.0 Å². The van der Waals surface area contributed by atoms with Gasteiger partial charge in [0.05, 0.1) is 16.2 Å². The van der Waals surface area contributed by atoms with Gasteiger partial charge in [0.1, 0.15) is 6.07 Å². The van der Waals surface area contributed by atoms with Gasteiger partial charge in [0.15, 0.2) is 0 Å². The fourth-order valence-electron chi connectivity index (χ4n) is 2.44. The van der Waals surface area contributed by atoms with E-state index in [1.54, 1.807) is 6.07 Å². The number of benzene rings is 1. The number of aliphatic hydroxyl groups excluding tert-OH is 1. The van der Waals surface area contributed by atoms with Crippen LogP contribution in [0.2, 0.25) is 0 Å². The van der Waals surface area contributed by atoms with E-state index in [0.29, 0.717) is 17.8 Å². The molecule has 100 valence electrons. The van der Waals surface area contributed by atoms with Crippen LogP contribution in [0, 0.1) is 27.4 Å². The molecule has 19 heavy (non-hydrogen) atoms. The minimum absolute atomic E-state index is 0.0731. The molecule has 1 aromatic rings. The first kappa shape index (κ1) is 13.3. The number of hydrogen-bond donors (Lipinski definition) is 1. The molecule has 0 spiro atoms. The predicted molar refractivity (Wildman–Crippen MR) is 69.8 cm³/mol. The molecule has 1 aliphatic rings. The van der Waals surface area contributed by atoms with Crippen LogP contribution in [0.1, 0.15) is 18.4 Å². The third-order valence-electron chi connectivity index (χ3n) is 3.43. The molecule has 0 aliphatic carbocycles. The Balaban J connectivity index is 2.29. The minimum atomic E-state index is -0.503. The highest BCUT2D eigenvalue weighted by Gasteiger charge is 2.22. The maximum Gasteiger partial charge on any atom is 0.270 e. The molecule has 1 atom stereocenters. The average Bonchev–Trinajstić information content (AvgIpc) is 2.46. The van der Waals surface area contributed by atoms with E-state index in [2.05, 4.69) is 0 Å². The Kier molecular flexibility index (Phi) is 3.97. The normalized spacial score (nSPS) is 18.9. The van der Waals surface area contributed by atoms with E-state index in [0.717, 1.165) is 19.4 Å². The van der Waals surface area contributed by atoms with Crippen LogP contribution < -0.4 is 4.90 Å². The van der Waals surface area contributed by atoms with Gasteiger partial charge in [-0.25, -0.2) is 0 Å². The quantitative estimate of drug-likeness (QED) is 0.660. The number of rotatable bonds is 3. The molecule has 1 saturated heterocycles. The van der Waals surface area contributed by atoms with Crippen LogP contribution in [0.25, 0.3) is 0 Å². The highest BCUT2D eigenvalue weighted by atomic mass is 16.6. The van der Waals surface area contributed by atoms with Crippen molar-refractivity contribution in [2.75, 3.05) is 24.6 Å². The van der Waals surface area contributed by atoms with Gasteiger partial charge in [-0.1, -0.05) is 0 Å². The molecule has 0 aromatic heterocycles. The summed E-state index contributed by atoms with van der Waals surface area (Å²) in [7, 11) is 0. The van der Waals surface area contributed by atoms with E-state index in [4.69, 9.17) is 5.26 Å². The van der Waals surface area contributed by atoms with Crippen LogP contribution in [0.5, 0.6) is 0 Å². The Morgan fingerprint density at radius 2 is 2.37 bits per heavy atom. The van der Waals surface area contributed by atoms with Crippen LogP contribution in [0.4, 0.5) is 11.4 Å². The Morgan fingerprint density at radius 1 is 1.58 bits per heavy atom. The third-order valence-corrected chi connectivity index (χ3v) is 3.43. The zero-order valence-electron chi connectivity index (χ0n) is 10.5. The number of aliphatic hydroxyl groups is 1. The van der Waals surface area contributed by atoms with Gasteiger partial charge >= 0.3 is 0 Å². The molecule has 0 saturated carbocycles. The van der Waals surface area contributed by atoms with Gasteiger partial charge in [-0.15, -0.1) is 0 Å². The number of hydrogen-bond acceptors (Lipinski definition) is 5. The minimum Gasteiger partial charge on any atom is -0.396 e. The maximum absolute atomic E-state index is 10.7. The molecular formula is C13H15N3O3. The molecule has 1 heterocycles. The van der Waals surface area contributed by atoms with Crippen LogP contribution in [-0.4, -0.2) is 29.7 Å². The molecule has 0 bridgehead atoms. The Bertz CT molecular complexity index is 524. The molecule has 1 fully saturated rings. The number of piperidine rings is 1. The van der Waals surface area contributed by atoms with Crippen LogP contribution in [-0.2, 0) is 0 Å². The fourth-order valence-corrected chi connectivity index (χ4v) is 2.44. The van der Waals surface area contributed by atoms with Crippen molar-refractivity contribution in [1.82, 2.24) is 0 Å². The summed E-state index contributed by atoms with van der Waals surface area (Å²) in [5.74, 6) is 0.204. The Morgan fingerprint density at radius 3 is 3.00 bits per heavy atom. The molecule has 6 nitrogen and oxygen atoms in total. The average molecular weight is 261 g/mol. The van der Waals surface area contributed by atoms with Gasteiger partial charge in [-0.3, -0.25) is 10.1 Å². The third kappa shape index (κ3) is 2.83. The number of nitro groups is 1. The summed E-state index contributed by atoms with van der Waals surface area (Å²) in [5.41, 5.74) is 0.954. The zero-order valence-corrected chi connectivity index (χ0v) is 10.5. The summed E-state index contributed by atoms with van der Waals surface area (Å²) in [4.78, 5) is 12.2. The predicted octanol–water partition coefficient (Wildman–Crippen LogP) is 1.68. The van der Waals surface area contributed by atoms with Crippen molar-refractivity contribution >= 4 is 11.4 Å². The Hall–Kier alpha value is -2.13. The van der Waals surface area contributed by atoms with E-state index in [1.165, 1.54) is 12.1 Å². The molecular weight excluding hydrogens is 246 g/mol. The highest BCUT2D eigenvalue weighted by molar-refractivity contribution is 5.63. The lowest BCUT2D eigenvalue weighted by molar-refractivity contribution is -0.384. The molecule has 1 N–H and O–H groups in total. The first-order valence-electron chi connectivity index (χ1n) is 6.20. The van der Waals surface area contributed by atoms with Gasteiger partial charge < -0.3 is 10.0 Å². The lowest BCUT2D eigenvalue weighted by Gasteiger charge is -2.34. The van der Waals surface area contributed by atoms with Crippen molar-refractivity contribution in [1.29, 1.82) is 5.26 Å². The van der Waals surface area contributed by atoms with Gasteiger partial charge in [0.2, 0.25) is 0 Å². The van der Waals surface area contributed by atoms with Crippen molar-refractivity contribution in [3.63, 3.8) is 0 Å². The van der Waals surface area contributed by atoms with Crippen molar-refractivity contribution in [3.05, 3.63) is 33.9 Å². The van der Waals surface area contributed by atoms with E-state index in [9.17, 15) is 15.2 Å². The summed E-state index contributed by atoms with van der Waals surface area (Å²) in [6, 6.07) is 6.35. The van der Waals surface area contributed by atoms with Gasteiger partial charge in [0, 0.05) is 31.8 Å². The molecule has 2 rings (SSSR count). The van der Waals surface area contributed by atoms with Gasteiger partial charge in [-0.05, 0) is 24.8 Å². The number of nitrogens with zero attached hydrogens (tertiary/aromatic N) is 3. The van der Waals surface area contributed by atoms with E-state index in [-0.39, 0.29) is 18.2 Å². The topological polar surface area (TPSA) is 90.4 Å². The van der Waals surface area contributed by atoms with Crippen molar-refractivity contribution in [2.45, 2.75) is 12.8 Å². The number of non-ortho nitro benzene ring substituents is 1. The van der Waals surface area contributed by atoms with Gasteiger partial charge in [0.25, 0.3) is 5.69 Å². The molecule has 6 heteroatoms. The summed E-state index contributed by atoms with van der Waals surface area (Å²) < 4.78 is 0. The number of nitriles is 1. The van der Waals surface area contributed by atoms with Crippen LogP contribution in [0.3, 0.4) is 0 Å². The molecule has 1 unspecified atom stereocenters. The molecule has 1 aliphatic heterocycles. The van der Waals surface area contributed by atoms with Crippen molar-refractivity contribution in [2.24, 2.45) is 5.92 Å². The Labute approximate surface area is 111 Å². The van der Waals surface area contributed by atoms with Crippen LogP contribution >= 0.6 is 0 Å². The van der Waals surface area contributed by atoms with E-state index >= 15 is 0 Å². The van der Waals surface area contributed by atoms with Crippen molar-refractivity contribution < 1.29 is 10.0 Å². The monoisotopic (exact) mass is 261 g/mol. The SMILES string of the molecule is N#Cc1cc([N+](=O)[O-])ccc1N1CCCC(CO)C1. The van der Waals surface area contributed by atoms with E-state index < -0.39 is 4.92 Å². The highest BCUT2D eigenvalue weighted by Crippen LogP contribution is 2.28. The van der Waals surface area contributed by atoms with Crippen LogP contribution in [0.15, 0.2) is 18.2 Å². The summed E-state index contributed by atoms with van der Waals surface area (Å²) in [6.07, 6.45) is 1.93. The summed E-state index contributed by atoms with van der Waals surface area (Å²) in [5, 5.41) is 29.1.